The Kier molecular flexibility index (Phi) is 4.34. The molecule has 0 bridgehead atoms. The maximum Gasteiger partial charge on any atom is 0.226 e. The van der Waals surface area contributed by atoms with Gasteiger partial charge in [-0.15, -0.1) is 0 Å². The van der Waals surface area contributed by atoms with E-state index in [1.54, 1.807) is 0 Å². The van der Waals surface area contributed by atoms with E-state index in [4.69, 9.17) is 0 Å². The number of amides is 1. The highest BCUT2D eigenvalue weighted by Crippen LogP contribution is 2.36. The highest BCUT2D eigenvalue weighted by atomic mass is 32.1. The minimum absolute atomic E-state index is 0.0411. The molecule has 4 nitrogen and oxygen atoms in total. The van der Waals surface area contributed by atoms with E-state index in [9.17, 15) is 9.59 Å². The lowest BCUT2D eigenvalue weighted by Crippen LogP contribution is -2.17. The number of ketones is 1. The summed E-state index contributed by atoms with van der Waals surface area (Å²) in [6.45, 7) is 1.96. The number of carbonyl (C=O) groups excluding carboxylic acids is 2. The van der Waals surface area contributed by atoms with Crippen LogP contribution in [-0.2, 0) is 11.2 Å². The number of aromatic nitrogens is 1. The summed E-state index contributed by atoms with van der Waals surface area (Å²) in [5.41, 5.74) is 1.99. The van der Waals surface area contributed by atoms with Gasteiger partial charge >= 0.3 is 0 Å². The monoisotopic (exact) mass is 314 g/mol. The van der Waals surface area contributed by atoms with Gasteiger partial charge in [0.05, 0.1) is 10.6 Å². The van der Waals surface area contributed by atoms with Gasteiger partial charge in [0.15, 0.2) is 10.9 Å². The van der Waals surface area contributed by atoms with Crippen molar-refractivity contribution in [2.75, 3.05) is 5.32 Å². The van der Waals surface area contributed by atoms with Crippen molar-refractivity contribution >= 4 is 28.2 Å². The molecule has 22 heavy (non-hydrogen) atoms. The fraction of sp³-hybridized carbons (Fsp3) is 0.353. The Morgan fingerprint density at radius 1 is 1.32 bits per heavy atom. The lowest BCUT2D eigenvalue weighted by Gasteiger charge is -2.20. The van der Waals surface area contributed by atoms with Crippen LogP contribution in [0, 0.1) is 0 Å². The SMILES string of the molecule is CCCC(=O)Nc1nc2c(s1)C(=O)CC(c1ccccc1)C2. The summed E-state index contributed by atoms with van der Waals surface area (Å²) in [5, 5.41) is 3.34. The number of hydrogen-bond acceptors (Lipinski definition) is 4. The summed E-state index contributed by atoms with van der Waals surface area (Å²) in [4.78, 5) is 29.2. The molecule has 0 radical (unpaired) electrons. The van der Waals surface area contributed by atoms with Gasteiger partial charge in [-0.05, 0) is 24.3 Å². The first kappa shape index (κ1) is 14.9. The number of Topliss-reactive ketones (excluding diaryl/α,β-unsaturated/α-hetero) is 1. The molecule has 1 atom stereocenters. The summed E-state index contributed by atoms with van der Waals surface area (Å²) in [5.74, 6) is 0.270. The average molecular weight is 314 g/mol. The zero-order valence-electron chi connectivity index (χ0n) is 12.5. The number of anilines is 1. The predicted molar refractivity (Wildman–Crippen MR) is 87.5 cm³/mol. The Morgan fingerprint density at radius 3 is 2.82 bits per heavy atom. The lowest BCUT2D eigenvalue weighted by atomic mass is 9.85. The van der Waals surface area contributed by atoms with Gasteiger partial charge in [0.25, 0.3) is 0 Å². The van der Waals surface area contributed by atoms with Crippen molar-refractivity contribution in [3.8, 4) is 0 Å². The van der Waals surface area contributed by atoms with E-state index >= 15 is 0 Å². The van der Waals surface area contributed by atoms with E-state index in [1.165, 1.54) is 16.9 Å². The van der Waals surface area contributed by atoms with E-state index in [2.05, 4.69) is 22.4 Å². The van der Waals surface area contributed by atoms with Gasteiger partial charge in [-0.3, -0.25) is 9.59 Å². The first-order chi connectivity index (χ1) is 10.7. The fourth-order valence-corrected chi connectivity index (χ4v) is 3.71. The smallest absolute Gasteiger partial charge is 0.226 e. The summed E-state index contributed by atoms with van der Waals surface area (Å²) in [6, 6.07) is 10.1. The van der Waals surface area contributed by atoms with Gasteiger partial charge in [0.1, 0.15) is 0 Å². The Morgan fingerprint density at radius 2 is 2.09 bits per heavy atom. The van der Waals surface area contributed by atoms with Crippen molar-refractivity contribution in [3.05, 3.63) is 46.5 Å². The van der Waals surface area contributed by atoms with Crippen LogP contribution >= 0.6 is 11.3 Å². The number of thiazole rings is 1. The van der Waals surface area contributed by atoms with Gasteiger partial charge in [0, 0.05) is 12.8 Å². The highest BCUT2D eigenvalue weighted by Gasteiger charge is 2.29. The summed E-state index contributed by atoms with van der Waals surface area (Å²) in [7, 11) is 0. The average Bonchev–Trinajstić information content (AvgIpc) is 2.91. The van der Waals surface area contributed by atoms with E-state index < -0.39 is 0 Å². The van der Waals surface area contributed by atoms with Crippen LogP contribution in [0.4, 0.5) is 5.13 Å². The van der Waals surface area contributed by atoms with Crippen molar-refractivity contribution < 1.29 is 9.59 Å². The van der Waals surface area contributed by atoms with Crippen molar-refractivity contribution in [3.63, 3.8) is 0 Å². The third-order valence-corrected chi connectivity index (χ3v) is 4.87. The maximum absolute atomic E-state index is 12.4. The molecule has 1 aromatic carbocycles. The van der Waals surface area contributed by atoms with Gasteiger partial charge in [-0.25, -0.2) is 4.98 Å². The second-order valence-corrected chi connectivity index (χ2v) is 6.53. The molecule has 0 fully saturated rings. The number of fused-ring (bicyclic) bond motifs is 1. The van der Waals surface area contributed by atoms with Crippen LogP contribution in [0.25, 0.3) is 0 Å². The Bertz CT molecular complexity index is 694. The molecule has 0 saturated heterocycles. The molecule has 1 amide bonds. The van der Waals surface area contributed by atoms with Gasteiger partial charge in [-0.2, -0.15) is 0 Å². The third kappa shape index (κ3) is 3.09. The first-order valence-corrected chi connectivity index (χ1v) is 8.36. The molecule has 114 valence electrons. The molecule has 2 aromatic rings. The van der Waals surface area contributed by atoms with E-state index in [-0.39, 0.29) is 17.6 Å². The second-order valence-electron chi connectivity index (χ2n) is 5.53. The van der Waals surface area contributed by atoms with Crippen molar-refractivity contribution in [1.29, 1.82) is 0 Å². The third-order valence-electron chi connectivity index (χ3n) is 3.82. The zero-order valence-corrected chi connectivity index (χ0v) is 13.3. The van der Waals surface area contributed by atoms with E-state index in [0.717, 1.165) is 18.5 Å². The van der Waals surface area contributed by atoms with E-state index in [1.807, 2.05) is 25.1 Å². The number of rotatable bonds is 4. The topological polar surface area (TPSA) is 59.1 Å². The summed E-state index contributed by atoms with van der Waals surface area (Å²) < 4.78 is 0. The van der Waals surface area contributed by atoms with Gasteiger partial charge in [-0.1, -0.05) is 48.6 Å². The molecule has 0 spiro atoms. The van der Waals surface area contributed by atoms with Crippen LogP contribution in [0.2, 0.25) is 0 Å². The number of nitrogens with zero attached hydrogens (tertiary/aromatic N) is 1. The van der Waals surface area contributed by atoms with Crippen molar-refractivity contribution in [2.24, 2.45) is 0 Å². The Hall–Kier alpha value is -2.01. The summed E-state index contributed by atoms with van der Waals surface area (Å²) >= 11 is 1.30. The number of hydrogen-bond donors (Lipinski definition) is 1. The molecule has 0 aliphatic heterocycles. The van der Waals surface area contributed by atoms with Crippen LogP contribution in [0.5, 0.6) is 0 Å². The largest absolute Gasteiger partial charge is 0.302 e. The van der Waals surface area contributed by atoms with Gasteiger partial charge in [0.2, 0.25) is 5.91 Å². The minimum Gasteiger partial charge on any atom is -0.302 e. The summed E-state index contributed by atoms with van der Waals surface area (Å²) in [6.07, 6.45) is 2.55. The Balaban J connectivity index is 1.80. The van der Waals surface area contributed by atoms with Crippen LogP contribution < -0.4 is 5.32 Å². The first-order valence-electron chi connectivity index (χ1n) is 7.55. The van der Waals surface area contributed by atoms with Crippen LogP contribution in [-0.4, -0.2) is 16.7 Å². The maximum atomic E-state index is 12.4. The van der Waals surface area contributed by atoms with E-state index in [0.29, 0.717) is 22.9 Å². The molecule has 1 aromatic heterocycles. The van der Waals surface area contributed by atoms with Crippen LogP contribution in [0.15, 0.2) is 30.3 Å². The standard InChI is InChI=1S/C17H18N2O2S/c1-2-6-15(21)19-17-18-13-9-12(10-14(20)16(13)22-17)11-7-4-3-5-8-11/h3-5,7-8,12H,2,6,9-10H2,1H3,(H,18,19,21). The second kappa shape index (κ2) is 6.40. The quantitative estimate of drug-likeness (QED) is 0.934. The van der Waals surface area contributed by atoms with Gasteiger partial charge < -0.3 is 5.32 Å². The molecular weight excluding hydrogens is 296 g/mol. The molecule has 1 aliphatic rings. The molecule has 3 rings (SSSR count). The zero-order chi connectivity index (χ0) is 15.5. The normalized spacial score (nSPS) is 17.1. The fourth-order valence-electron chi connectivity index (χ4n) is 2.75. The van der Waals surface area contributed by atoms with Crippen molar-refractivity contribution in [1.82, 2.24) is 4.98 Å². The molecule has 1 aliphatic carbocycles. The van der Waals surface area contributed by atoms with Crippen molar-refractivity contribution in [2.45, 2.75) is 38.5 Å². The minimum atomic E-state index is -0.0411. The molecule has 1 N–H and O–H groups in total. The number of benzene rings is 1. The molecule has 1 unspecified atom stereocenters. The molecular formula is C17H18N2O2S. The molecule has 1 heterocycles. The van der Waals surface area contributed by atoms with Crippen LogP contribution in [0.1, 0.15) is 53.0 Å². The molecule has 5 heteroatoms. The molecule has 0 saturated carbocycles. The number of carbonyl (C=O) groups is 2. The Labute approximate surface area is 133 Å². The number of nitrogens with one attached hydrogen (secondary N) is 1. The highest BCUT2D eigenvalue weighted by molar-refractivity contribution is 7.17. The van der Waals surface area contributed by atoms with Crippen LogP contribution in [0.3, 0.4) is 0 Å². The lowest BCUT2D eigenvalue weighted by molar-refractivity contribution is -0.116. The predicted octanol–water partition coefficient (Wildman–Crippen LogP) is 3.79.